The van der Waals surface area contributed by atoms with Gasteiger partial charge in [0.05, 0.1) is 26.2 Å². The number of hydrogen-bond donors (Lipinski definition) is 2. The van der Waals surface area contributed by atoms with Crippen molar-refractivity contribution in [3.63, 3.8) is 0 Å². The Bertz CT molecular complexity index is 852. The van der Waals surface area contributed by atoms with Gasteiger partial charge in [0.1, 0.15) is 0 Å². The fraction of sp³-hybridized carbons (Fsp3) is 0. The zero-order valence-corrected chi connectivity index (χ0v) is 13.8. The summed E-state index contributed by atoms with van der Waals surface area (Å²) in [4.78, 5) is 10.8. The molecule has 2 aromatic carbocycles. The number of carbonyl (C=O) groups is 1. The highest BCUT2D eigenvalue weighted by atomic mass is 35.5. The van der Waals surface area contributed by atoms with Crippen LogP contribution in [-0.2, 0) is 10.0 Å². The molecule has 0 unspecified atom stereocenters. The quantitative estimate of drug-likeness (QED) is 0.835. The molecule has 0 radical (unpaired) electrons. The number of carboxylic acid groups (broad SMARTS) is 1. The Labute approximate surface area is 141 Å². The molecule has 0 saturated heterocycles. The van der Waals surface area contributed by atoms with E-state index in [0.717, 1.165) is 6.07 Å². The first-order valence-electron chi connectivity index (χ1n) is 5.71. The minimum Gasteiger partial charge on any atom is -0.478 e. The Balaban J connectivity index is 2.45. The number of sulfonamides is 1. The Kier molecular flexibility index (Phi) is 4.87. The van der Waals surface area contributed by atoms with E-state index in [9.17, 15) is 13.2 Å². The number of nitrogens with one attached hydrogen (secondary N) is 1. The maximum Gasteiger partial charge on any atom is 0.337 e. The van der Waals surface area contributed by atoms with Crippen LogP contribution in [0.25, 0.3) is 0 Å². The standard InChI is InChI=1S/C13H8Cl3NO4S/c14-7-1-3-11(16)12(5-7)17-22(20,21)8-2-4-10(15)9(6-8)13(18)19/h1-6,17H,(H,18,19). The van der Waals surface area contributed by atoms with E-state index in [4.69, 9.17) is 39.9 Å². The third-order valence-corrected chi connectivity index (χ3v) is 4.91. The Morgan fingerprint density at radius 3 is 2.27 bits per heavy atom. The van der Waals surface area contributed by atoms with Crippen molar-refractivity contribution in [2.45, 2.75) is 4.90 Å². The van der Waals surface area contributed by atoms with E-state index >= 15 is 0 Å². The van der Waals surface area contributed by atoms with E-state index in [0.29, 0.717) is 5.02 Å². The molecule has 2 N–H and O–H groups in total. The zero-order chi connectivity index (χ0) is 16.5. The van der Waals surface area contributed by atoms with Gasteiger partial charge in [-0.1, -0.05) is 34.8 Å². The van der Waals surface area contributed by atoms with Crippen molar-refractivity contribution in [2.75, 3.05) is 4.72 Å². The van der Waals surface area contributed by atoms with Crippen molar-refractivity contribution < 1.29 is 18.3 Å². The molecule has 0 spiro atoms. The molecule has 116 valence electrons. The van der Waals surface area contributed by atoms with E-state index in [2.05, 4.69) is 4.72 Å². The smallest absolute Gasteiger partial charge is 0.337 e. The molecule has 2 rings (SSSR count). The minimum absolute atomic E-state index is 0.0627. The van der Waals surface area contributed by atoms with Crippen LogP contribution in [0.1, 0.15) is 10.4 Å². The summed E-state index contributed by atoms with van der Waals surface area (Å²) in [6.07, 6.45) is 0. The van der Waals surface area contributed by atoms with Gasteiger partial charge in [-0.25, -0.2) is 13.2 Å². The highest BCUT2D eigenvalue weighted by Crippen LogP contribution is 2.28. The fourth-order valence-electron chi connectivity index (χ4n) is 1.61. The first-order valence-corrected chi connectivity index (χ1v) is 8.33. The largest absolute Gasteiger partial charge is 0.478 e. The average Bonchev–Trinajstić information content (AvgIpc) is 2.42. The monoisotopic (exact) mass is 379 g/mol. The Hall–Kier alpha value is -1.47. The van der Waals surface area contributed by atoms with Crippen LogP contribution >= 0.6 is 34.8 Å². The van der Waals surface area contributed by atoms with Crippen molar-refractivity contribution in [2.24, 2.45) is 0 Å². The zero-order valence-electron chi connectivity index (χ0n) is 10.7. The van der Waals surface area contributed by atoms with Crippen LogP contribution < -0.4 is 4.72 Å². The molecule has 2 aromatic rings. The maximum atomic E-state index is 12.3. The molecule has 0 amide bonds. The lowest BCUT2D eigenvalue weighted by Crippen LogP contribution is -2.14. The summed E-state index contributed by atoms with van der Waals surface area (Å²) >= 11 is 17.4. The van der Waals surface area contributed by atoms with Crippen molar-refractivity contribution in [1.29, 1.82) is 0 Å². The first-order chi connectivity index (χ1) is 10.2. The van der Waals surface area contributed by atoms with Crippen LogP contribution in [0.5, 0.6) is 0 Å². The lowest BCUT2D eigenvalue weighted by atomic mass is 10.2. The topological polar surface area (TPSA) is 83.5 Å². The van der Waals surface area contributed by atoms with Crippen molar-refractivity contribution >= 4 is 56.5 Å². The third-order valence-electron chi connectivity index (χ3n) is 2.65. The van der Waals surface area contributed by atoms with Gasteiger partial charge in [-0.05, 0) is 36.4 Å². The maximum absolute atomic E-state index is 12.3. The molecule has 22 heavy (non-hydrogen) atoms. The number of anilines is 1. The lowest BCUT2D eigenvalue weighted by molar-refractivity contribution is 0.0697. The minimum atomic E-state index is -4.04. The predicted molar refractivity (Wildman–Crippen MR) is 85.7 cm³/mol. The normalized spacial score (nSPS) is 11.2. The van der Waals surface area contributed by atoms with Crippen LogP contribution in [0.4, 0.5) is 5.69 Å². The number of hydrogen-bond acceptors (Lipinski definition) is 3. The second-order valence-corrected chi connectivity index (χ2v) is 7.11. The van der Waals surface area contributed by atoms with Crippen LogP contribution in [0.15, 0.2) is 41.3 Å². The van der Waals surface area contributed by atoms with Crippen molar-refractivity contribution in [1.82, 2.24) is 0 Å². The van der Waals surface area contributed by atoms with E-state index < -0.39 is 16.0 Å². The molecule has 0 bridgehead atoms. The van der Waals surface area contributed by atoms with Gasteiger partial charge < -0.3 is 5.11 Å². The van der Waals surface area contributed by atoms with Crippen LogP contribution in [0, 0.1) is 0 Å². The summed E-state index contributed by atoms with van der Waals surface area (Å²) in [7, 11) is -4.04. The number of aromatic carboxylic acids is 1. The van der Waals surface area contributed by atoms with E-state index in [1.54, 1.807) is 0 Å². The van der Waals surface area contributed by atoms with Gasteiger partial charge in [0.2, 0.25) is 0 Å². The highest BCUT2D eigenvalue weighted by molar-refractivity contribution is 7.92. The summed E-state index contributed by atoms with van der Waals surface area (Å²) in [6.45, 7) is 0. The Morgan fingerprint density at radius 1 is 1.00 bits per heavy atom. The van der Waals surface area contributed by atoms with Crippen molar-refractivity contribution in [3.05, 3.63) is 57.0 Å². The molecule has 0 atom stereocenters. The summed E-state index contributed by atoms with van der Waals surface area (Å²) in [5, 5.41) is 9.37. The number of halogens is 3. The lowest BCUT2D eigenvalue weighted by Gasteiger charge is -2.11. The SMILES string of the molecule is O=C(O)c1cc(S(=O)(=O)Nc2cc(Cl)ccc2Cl)ccc1Cl. The second kappa shape index (κ2) is 6.34. The third kappa shape index (κ3) is 3.64. The number of carboxylic acids is 1. The molecule has 0 aliphatic rings. The van der Waals surface area contributed by atoms with E-state index in [1.807, 2.05) is 0 Å². The van der Waals surface area contributed by atoms with E-state index in [1.165, 1.54) is 30.3 Å². The van der Waals surface area contributed by atoms with E-state index in [-0.39, 0.29) is 26.2 Å². The molecule has 0 aromatic heterocycles. The summed E-state index contributed by atoms with van der Waals surface area (Å²) < 4.78 is 26.9. The molecule has 0 aliphatic heterocycles. The van der Waals surface area contributed by atoms with Gasteiger partial charge in [0.15, 0.2) is 0 Å². The summed E-state index contributed by atoms with van der Waals surface area (Å²) in [6, 6.07) is 7.63. The molecule has 0 heterocycles. The highest BCUT2D eigenvalue weighted by Gasteiger charge is 2.19. The number of rotatable bonds is 4. The molecule has 0 fully saturated rings. The van der Waals surface area contributed by atoms with Gasteiger partial charge in [-0.2, -0.15) is 0 Å². The Morgan fingerprint density at radius 2 is 1.64 bits per heavy atom. The van der Waals surface area contributed by atoms with Crippen LogP contribution in [0.3, 0.4) is 0 Å². The predicted octanol–water partition coefficient (Wildman–Crippen LogP) is 4.15. The van der Waals surface area contributed by atoms with Gasteiger partial charge in [-0.3, -0.25) is 4.72 Å². The molecular formula is C13H8Cl3NO4S. The average molecular weight is 381 g/mol. The molecule has 0 aliphatic carbocycles. The van der Waals surface area contributed by atoms with Crippen LogP contribution in [-0.4, -0.2) is 19.5 Å². The van der Waals surface area contributed by atoms with Gasteiger partial charge in [0.25, 0.3) is 10.0 Å². The van der Waals surface area contributed by atoms with Gasteiger partial charge >= 0.3 is 5.97 Å². The van der Waals surface area contributed by atoms with Gasteiger partial charge in [0, 0.05) is 5.02 Å². The van der Waals surface area contributed by atoms with Crippen LogP contribution in [0.2, 0.25) is 15.1 Å². The molecular weight excluding hydrogens is 373 g/mol. The second-order valence-electron chi connectivity index (χ2n) is 4.18. The summed E-state index contributed by atoms with van der Waals surface area (Å²) in [5.74, 6) is -1.33. The fourth-order valence-corrected chi connectivity index (χ4v) is 3.30. The molecule has 0 saturated carbocycles. The number of benzene rings is 2. The van der Waals surface area contributed by atoms with Gasteiger partial charge in [-0.15, -0.1) is 0 Å². The molecule has 5 nitrogen and oxygen atoms in total. The van der Waals surface area contributed by atoms with Crippen molar-refractivity contribution in [3.8, 4) is 0 Å². The summed E-state index contributed by atoms with van der Waals surface area (Å²) in [5.41, 5.74) is -0.234. The first kappa shape index (κ1) is 16.9. The molecule has 9 heteroatoms.